The molecule has 0 aliphatic heterocycles. The van der Waals surface area contributed by atoms with Gasteiger partial charge < -0.3 is 20.5 Å². The van der Waals surface area contributed by atoms with Crippen LogP contribution < -0.4 is 15.8 Å². The number of rotatable bonds is 8. The molecule has 0 bridgehead atoms. The maximum Gasteiger partial charge on any atom is 0.224 e. The Morgan fingerprint density at radius 1 is 1.32 bits per heavy atom. The number of nitrogens with one attached hydrogen (secondary N) is 1. The van der Waals surface area contributed by atoms with Crippen LogP contribution in [0.25, 0.3) is 0 Å². The molecule has 1 rings (SSSR count). The normalized spacial score (nSPS) is 11.9. The lowest BCUT2D eigenvalue weighted by Crippen LogP contribution is -2.19. The van der Waals surface area contributed by atoms with Gasteiger partial charge in [-0.1, -0.05) is 0 Å². The molecular formula is C14H22N2O3. The Labute approximate surface area is 114 Å². The second kappa shape index (κ2) is 8.50. The van der Waals surface area contributed by atoms with Crippen LogP contribution in [-0.4, -0.2) is 32.3 Å². The van der Waals surface area contributed by atoms with Crippen LogP contribution in [0.1, 0.15) is 19.8 Å². The minimum Gasteiger partial charge on any atom is -0.491 e. The standard InChI is InChI=1S/C14H22N2O3/c1-11(15)3-8-14(17)16-12-4-6-13(7-5-12)19-10-9-18-2/h4-7,11H,3,8-10,15H2,1-2H3,(H,16,17). The van der Waals surface area contributed by atoms with Crippen LogP contribution in [0.5, 0.6) is 5.75 Å². The molecule has 0 aliphatic carbocycles. The van der Waals surface area contributed by atoms with Gasteiger partial charge in [-0.2, -0.15) is 0 Å². The van der Waals surface area contributed by atoms with Gasteiger partial charge >= 0.3 is 0 Å². The predicted molar refractivity (Wildman–Crippen MR) is 75.3 cm³/mol. The Bertz CT molecular complexity index is 377. The zero-order valence-electron chi connectivity index (χ0n) is 11.5. The van der Waals surface area contributed by atoms with E-state index in [1.807, 2.05) is 31.2 Å². The first-order chi connectivity index (χ1) is 9.11. The number of anilines is 1. The Hall–Kier alpha value is -1.59. The highest BCUT2D eigenvalue weighted by molar-refractivity contribution is 5.90. The van der Waals surface area contributed by atoms with Crippen molar-refractivity contribution in [2.75, 3.05) is 25.6 Å². The van der Waals surface area contributed by atoms with Crippen LogP contribution >= 0.6 is 0 Å². The van der Waals surface area contributed by atoms with E-state index < -0.39 is 0 Å². The second-order valence-electron chi connectivity index (χ2n) is 4.43. The number of hydrogen-bond acceptors (Lipinski definition) is 4. The molecule has 0 saturated heterocycles. The van der Waals surface area contributed by atoms with Crippen LogP contribution in [0.3, 0.4) is 0 Å². The highest BCUT2D eigenvalue weighted by Crippen LogP contribution is 2.16. The van der Waals surface area contributed by atoms with E-state index in [0.717, 1.165) is 11.4 Å². The van der Waals surface area contributed by atoms with E-state index in [9.17, 15) is 4.79 Å². The molecule has 1 atom stereocenters. The lowest BCUT2D eigenvalue weighted by molar-refractivity contribution is -0.116. The van der Waals surface area contributed by atoms with Gasteiger partial charge in [0, 0.05) is 25.3 Å². The number of ether oxygens (including phenoxy) is 2. The van der Waals surface area contributed by atoms with E-state index in [1.54, 1.807) is 7.11 Å². The number of hydrogen-bond donors (Lipinski definition) is 2. The Morgan fingerprint density at radius 3 is 2.58 bits per heavy atom. The fourth-order valence-corrected chi connectivity index (χ4v) is 1.46. The zero-order valence-corrected chi connectivity index (χ0v) is 11.5. The van der Waals surface area contributed by atoms with Gasteiger partial charge in [0.05, 0.1) is 6.61 Å². The smallest absolute Gasteiger partial charge is 0.224 e. The molecule has 3 N–H and O–H groups in total. The first kappa shape index (κ1) is 15.5. The van der Waals surface area contributed by atoms with Crippen molar-refractivity contribution in [3.63, 3.8) is 0 Å². The molecule has 19 heavy (non-hydrogen) atoms. The van der Waals surface area contributed by atoms with Crippen LogP contribution in [0.4, 0.5) is 5.69 Å². The molecule has 106 valence electrons. The van der Waals surface area contributed by atoms with Gasteiger partial charge in [-0.3, -0.25) is 4.79 Å². The average molecular weight is 266 g/mol. The maximum absolute atomic E-state index is 11.6. The van der Waals surface area contributed by atoms with Crippen LogP contribution in [0.15, 0.2) is 24.3 Å². The van der Waals surface area contributed by atoms with Crippen LogP contribution in [-0.2, 0) is 9.53 Å². The summed E-state index contributed by atoms with van der Waals surface area (Å²) in [5.74, 6) is 0.732. The molecule has 0 aliphatic rings. The van der Waals surface area contributed by atoms with Gasteiger partial charge in [-0.05, 0) is 37.6 Å². The molecule has 1 aromatic rings. The predicted octanol–water partition coefficient (Wildman–Crippen LogP) is 1.78. The van der Waals surface area contributed by atoms with E-state index in [1.165, 1.54) is 0 Å². The second-order valence-corrected chi connectivity index (χ2v) is 4.43. The summed E-state index contributed by atoms with van der Waals surface area (Å²) in [6.07, 6.45) is 1.12. The van der Waals surface area contributed by atoms with E-state index >= 15 is 0 Å². The highest BCUT2D eigenvalue weighted by Gasteiger charge is 2.04. The summed E-state index contributed by atoms with van der Waals surface area (Å²) in [4.78, 5) is 11.6. The van der Waals surface area contributed by atoms with Crippen molar-refractivity contribution in [3.05, 3.63) is 24.3 Å². The lowest BCUT2D eigenvalue weighted by atomic mass is 10.2. The quantitative estimate of drug-likeness (QED) is 0.703. The van der Waals surface area contributed by atoms with Gasteiger partial charge in [-0.25, -0.2) is 0 Å². The first-order valence-corrected chi connectivity index (χ1v) is 6.39. The summed E-state index contributed by atoms with van der Waals surface area (Å²) in [7, 11) is 1.63. The average Bonchev–Trinajstić information content (AvgIpc) is 2.39. The van der Waals surface area contributed by atoms with E-state index in [0.29, 0.717) is 26.1 Å². The lowest BCUT2D eigenvalue weighted by Gasteiger charge is -2.08. The number of methoxy groups -OCH3 is 1. The third-order valence-electron chi connectivity index (χ3n) is 2.52. The van der Waals surface area contributed by atoms with Crippen molar-refractivity contribution < 1.29 is 14.3 Å². The van der Waals surface area contributed by atoms with Crippen LogP contribution in [0.2, 0.25) is 0 Å². The molecule has 1 unspecified atom stereocenters. The number of carbonyl (C=O) groups is 1. The Kier molecular flexibility index (Phi) is 6.92. The summed E-state index contributed by atoms with van der Waals surface area (Å²) in [6, 6.07) is 7.30. The third-order valence-corrected chi connectivity index (χ3v) is 2.52. The monoisotopic (exact) mass is 266 g/mol. The Balaban J connectivity index is 2.37. The number of benzene rings is 1. The number of nitrogens with two attached hydrogens (primary N) is 1. The molecule has 1 aromatic carbocycles. The summed E-state index contributed by atoms with van der Waals surface area (Å²) in [5.41, 5.74) is 6.36. The number of amides is 1. The maximum atomic E-state index is 11.6. The van der Waals surface area contributed by atoms with Crippen molar-refractivity contribution in [2.45, 2.75) is 25.8 Å². The summed E-state index contributed by atoms with van der Waals surface area (Å²) >= 11 is 0. The summed E-state index contributed by atoms with van der Waals surface area (Å²) in [5, 5.41) is 2.82. The third kappa shape index (κ3) is 6.79. The molecule has 0 fully saturated rings. The molecule has 0 aromatic heterocycles. The van der Waals surface area contributed by atoms with Crippen molar-refractivity contribution in [1.29, 1.82) is 0 Å². The first-order valence-electron chi connectivity index (χ1n) is 6.39. The largest absolute Gasteiger partial charge is 0.491 e. The Morgan fingerprint density at radius 2 is 2.00 bits per heavy atom. The van der Waals surface area contributed by atoms with Gasteiger partial charge in [-0.15, -0.1) is 0 Å². The van der Waals surface area contributed by atoms with E-state index in [-0.39, 0.29) is 11.9 Å². The molecule has 5 nitrogen and oxygen atoms in total. The molecule has 0 radical (unpaired) electrons. The topological polar surface area (TPSA) is 73.6 Å². The van der Waals surface area contributed by atoms with Crippen molar-refractivity contribution in [1.82, 2.24) is 0 Å². The molecule has 0 heterocycles. The minimum absolute atomic E-state index is 0.0228. The number of carbonyl (C=O) groups excluding carboxylic acids is 1. The van der Waals surface area contributed by atoms with Crippen molar-refractivity contribution >= 4 is 11.6 Å². The zero-order chi connectivity index (χ0) is 14.1. The minimum atomic E-state index is -0.0228. The van der Waals surface area contributed by atoms with Gasteiger partial charge in [0.15, 0.2) is 0 Å². The van der Waals surface area contributed by atoms with Gasteiger partial charge in [0.2, 0.25) is 5.91 Å². The van der Waals surface area contributed by atoms with Crippen LogP contribution in [0, 0.1) is 0 Å². The summed E-state index contributed by atoms with van der Waals surface area (Å²) < 4.78 is 10.3. The molecule has 1 amide bonds. The SMILES string of the molecule is COCCOc1ccc(NC(=O)CCC(C)N)cc1. The molecule has 0 saturated carbocycles. The molecular weight excluding hydrogens is 244 g/mol. The summed E-state index contributed by atoms with van der Waals surface area (Å²) in [6.45, 7) is 2.95. The van der Waals surface area contributed by atoms with Gasteiger partial charge in [0.25, 0.3) is 0 Å². The fraction of sp³-hybridized carbons (Fsp3) is 0.500. The fourth-order valence-electron chi connectivity index (χ4n) is 1.46. The van der Waals surface area contributed by atoms with Crippen molar-refractivity contribution in [2.24, 2.45) is 5.73 Å². The van der Waals surface area contributed by atoms with Gasteiger partial charge in [0.1, 0.15) is 12.4 Å². The van der Waals surface area contributed by atoms with E-state index in [4.69, 9.17) is 15.2 Å². The highest BCUT2D eigenvalue weighted by atomic mass is 16.5. The molecule has 5 heteroatoms. The van der Waals surface area contributed by atoms with E-state index in [2.05, 4.69) is 5.32 Å². The molecule has 0 spiro atoms. The van der Waals surface area contributed by atoms with Crippen molar-refractivity contribution in [3.8, 4) is 5.75 Å².